The van der Waals surface area contributed by atoms with Crippen LogP contribution in [0.4, 0.5) is 10.1 Å². The number of carboxylic acids is 1. The standard InChI is InChI=1S/C25H24FN3O4S/c26-19-11-17-20(29(15-5-6-15)13-18(24(17)30)25(31)32)12-21(19)27-7-9-28(10-8-27)22-14-34(33)23-4-2-1-3-16(22)23/h1-4,11-13,15,22H,5-10,14H2,(H,31,32). The van der Waals surface area contributed by atoms with Gasteiger partial charge in [-0.15, -0.1) is 0 Å². The van der Waals surface area contributed by atoms with Gasteiger partial charge >= 0.3 is 5.97 Å². The number of halogens is 1. The lowest BCUT2D eigenvalue weighted by Crippen LogP contribution is -2.48. The van der Waals surface area contributed by atoms with E-state index in [-0.39, 0.29) is 23.0 Å². The molecule has 0 spiro atoms. The third-order valence-electron chi connectivity index (χ3n) is 7.20. The number of aromatic carboxylic acids is 1. The molecular formula is C25H24FN3O4S. The third kappa shape index (κ3) is 3.45. The molecule has 0 bridgehead atoms. The van der Waals surface area contributed by atoms with Crippen LogP contribution in [0.5, 0.6) is 0 Å². The third-order valence-corrected chi connectivity index (χ3v) is 8.68. The van der Waals surface area contributed by atoms with E-state index in [1.54, 1.807) is 6.07 Å². The molecule has 0 amide bonds. The largest absolute Gasteiger partial charge is 0.477 e. The zero-order chi connectivity index (χ0) is 23.6. The van der Waals surface area contributed by atoms with Crippen molar-refractivity contribution in [2.75, 3.05) is 36.8 Å². The molecule has 2 unspecified atom stereocenters. The molecule has 9 heteroatoms. The molecule has 0 radical (unpaired) electrons. The summed E-state index contributed by atoms with van der Waals surface area (Å²) in [6.07, 6.45) is 3.22. The normalized spacial score (nSPS) is 22.8. The molecule has 2 fully saturated rings. The Kier molecular flexibility index (Phi) is 5.07. The second-order valence-electron chi connectivity index (χ2n) is 9.23. The first kappa shape index (κ1) is 21.5. The second kappa shape index (κ2) is 8.02. The van der Waals surface area contributed by atoms with Crippen molar-refractivity contribution in [3.63, 3.8) is 0 Å². The molecule has 1 N–H and O–H groups in total. The molecule has 3 aromatic rings. The van der Waals surface area contributed by atoms with E-state index in [0.717, 1.165) is 23.3 Å². The first-order valence-electron chi connectivity index (χ1n) is 11.5. The number of hydrogen-bond donors (Lipinski definition) is 1. The van der Waals surface area contributed by atoms with Crippen molar-refractivity contribution in [3.05, 3.63) is 69.8 Å². The molecule has 1 aliphatic carbocycles. The van der Waals surface area contributed by atoms with Crippen LogP contribution in [0.3, 0.4) is 0 Å². The minimum atomic E-state index is -1.30. The van der Waals surface area contributed by atoms with Crippen LogP contribution in [0, 0.1) is 5.82 Å². The quantitative estimate of drug-likeness (QED) is 0.617. The van der Waals surface area contributed by atoms with Crippen molar-refractivity contribution in [1.29, 1.82) is 0 Å². The summed E-state index contributed by atoms with van der Waals surface area (Å²) in [4.78, 5) is 29.5. The van der Waals surface area contributed by atoms with Gasteiger partial charge in [0.15, 0.2) is 0 Å². The lowest BCUT2D eigenvalue weighted by Gasteiger charge is -2.39. The van der Waals surface area contributed by atoms with Gasteiger partial charge < -0.3 is 14.6 Å². The van der Waals surface area contributed by atoms with E-state index in [2.05, 4.69) is 4.90 Å². The number of piperazine rings is 1. The second-order valence-corrected chi connectivity index (χ2v) is 10.7. The van der Waals surface area contributed by atoms with Gasteiger partial charge in [0.2, 0.25) is 5.43 Å². The minimum Gasteiger partial charge on any atom is -0.477 e. The number of nitrogens with zero attached hydrogens (tertiary/aromatic N) is 3. The summed E-state index contributed by atoms with van der Waals surface area (Å²) < 4.78 is 29.6. The number of fused-ring (bicyclic) bond motifs is 2. The Bertz CT molecular complexity index is 1410. The number of benzene rings is 2. The first-order chi connectivity index (χ1) is 16.4. The SMILES string of the molecule is O=C(O)c1cn(C2CC2)c2cc(N3CCN(C4CS(=O)c5ccccc54)CC3)c(F)cc2c1=O. The lowest BCUT2D eigenvalue weighted by molar-refractivity contribution is 0.0695. The maximum Gasteiger partial charge on any atom is 0.341 e. The molecule has 3 aliphatic rings. The van der Waals surface area contributed by atoms with Crippen LogP contribution in [-0.2, 0) is 10.8 Å². The first-order valence-corrected chi connectivity index (χ1v) is 12.8. The maximum atomic E-state index is 15.2. The van der Waals surface area contributed by atoms with Crippen LogP contribution in [0.2, 0.25) is 0 Å². The van der Waals surface area contributed by atoms with E-state index >= 15 is 4.39 Å². The van der Waals surface area contributed by atoms with Gasteiger partial charge in [0.05, 0.1) is 22.0 Å². The molecule has 1 saturated heterocycles. The molecule has 34 heavy (non-hydrogen) atoms. The summed E-state index contributed by atoms with van der Waals surface area (Å²) in [6.45, 7) is 2.63. The number of carboxylic acid groups (broad SMARTS) is 1. The predicted molar refractivity (Wildman–Crippen MR) is 128 cm³/mol. The Hall–Kier alpha value is -3.04. The van der Waals surface area contributed by atoms with Gasteiger partial charge in [0.25, 0.3) is 0 Å². The fraction of sp³-hybridized carbons (Fsp3) is 0.360. The van der Waals surface area contributed by atoms with E-state index in [0.29, 0.717) is 43.1 Å². The number of pyridine rings is 1. The fourth-order valence-corrected chi connectivity index (χ4v) is 6.82. The van der Waals surface area contributed by atoms with E-state index in [1.165, 1.54) is 12.3 Å². The highest BCUT2D eigenvalue weighted by Gasteiger charge is 2.35. The fourth-order valence-electron chi connectivity index (χ4n) is 5.27. The summed E-state index contributed by atoms with van der Waals surface area (Å²) in [6, 6.07) is 11.0. The molecule has 1 saturated carbocycles. The van der Waals surface area contributed by atoms with Crippen LogP contribution >= 0.6 is 0 Å². The number of rotatable bonds is 4. The van der Waals surface area contributed by atoms with Crippen LogP contribution < -0.4 is 10.3 Å². The van der Waals surface area contributed by atoms with E-state index in [1.807, 2.05) is 33.7 Å². The van der Waals surface area contributed by atoms with E-state index in [9.17, 15) is 18.9 Å². The summed E-state index contributed by atoms with van der Waals surface area (Å²) in [5, 5.41) is 9.54. The molecule has 1 aromatic heterocycles. The highest BCUT2D eigenvalue weighted by Crippen LogP contribution is 2.39. The van der Waals surface area contributed by atoms with Gasteiger partial charge in [0, 0.05) is 60.5 Å². The van der Waals surface area contributed by atoms with Crippen LogP contribution in [-0.4, -0.2) is 56.7 Å². The van der Waals surface area contributed by atoms with Crippen LogP contribution in [0.1, 0.15) is 40.8 Å². The Labute approximate surface area is 197 Å². The van der Waals surface area contributed by atoms with Crippen molar-refractivity contribution in [2.24, 2.45) is 0 Å². The smallest absolute Gasteiger partial charge is 0.341 e. The Balaban J connectivity index is 1.30. The van der Waals surface area contributed by atoms with Crippen LogP contribution in [0.15, 0.2) is 52.3 Å². The Morgan fingerprint density at radius 2 is 1.82 bits per heavy atom. The van der Waals surface area contributed by atoms with Crippen molar-refractivity contribution >= 4 is 33.4 Å². The minimum absolute atomic E-state index is 0.107. The molecule has 176 valence electrons. The zero-order valence-electron chi connectivity index (χ0n) is 18.4. The number of hydrogen-bond acceptors (Lipinski definition) is 5. The molecule has 3 heterocycles. The topological polar surface area (TPSA) is 82.8 Å². The summed E-state index contributed by atoms with van der Waals surface area (Å²) in [7, 11) is -0.992. The van der Waals surface area contributed by atoms with Crippen molar-refractivity contribution in [3.8, 4) is 0 Å². The van der Waals surface area contributed by atoms with Crippen molar-refractivity contribution < 1.29 is 18.5 Å². The molecule has 2 aromatic carbocycles. The monoisotopic (exact) mass is 481 g/mol. The van der Waals surface area contributed by atoms with Gasteiger partial charge in [-0.1, -0.05) is 18.2 Å². The lowest BCUT2D eigenvalue weighted by atomic mass is 10.1. The van der Waals surface area contributed by atoms with Gasteiger partial charge in [-0.05, 0) is 36.6 Å². The molecule has 7 nitrogen and oxygen atoms in total. The zero-order valence-corrected chi connectivity index (χ0v) is 19.3. The molecule has 2 atom stereocenters. The molecular weight excluding hydrogens is 457 g/mol. The molecule has 2 aliphatic heterocycles. The van der Waals surface area contributed by atoms with E-state index in [4.69, 9.17) is 0 Å². The Morgan fingerprint density at radius 3 is 2.53 bits per heavy atom. The maximum absolute atomic E-state index is 15.2. The summed E-state index contributed by atoms with van der Waals surface area (Å²) in [5.41, 5.74) is 1.15. The highest BCUT2D eigenvalue weighted by molar-refractivity contribution is 7.85. The van der Waals surface area contributed by atoms with Gasteiger partial charge in [-0.2, -0.15) is 0 Å². The van der Waals surface area contributed by atoms with E-state index < -0.39 is 28.0 Å². The van der Waals surface area contributed by atoms with Gasteiger partial charge in [-0.25, -0.2) is 9.18 Å². The number of carbonyl (C=O) groups is 1. The highest BCUT2D eigenvalue weighted by atomic mass is 32.2. The average Bonchev–Trinajstić information content (AvgIpc) is 3.63. The predicted octanol–water partition coefficient (Wildman–Crippen LogP) is 3.16. The number of anilines is 1. The summed E-state index contributed by atoms with van der Waals surface area (Å²) >= 11 is 0. The summed E-state index contributed by atoms with van der Waals surface area (Å²) in [5.74, 6) is -1.23. The molecule has 6 rings (SSSR count). The number of aromatic nitrogens is 1. The average molecular weight is 482 g/mol. The van der Waals surface area contributed by atoms with Gasteiger partial charge in [0.1, 0.15) is 11.4 Å². The van der Waals surface area contributed by atoms with Crippen LogP contribution in [0.25, 0.3) is 10.9 Å². The Morgan fingerprint density at radius 1 is 1.09 bits per heavy atom. The van der Waals surface area contributed by atoms with Crippen molar-refractivity contribution in [2.45, 2.75) is 29.8 Å². The van der Waals surface area contributed by atoms with Gasteiger partial charge in [-0.3, -0.25) is 13.9 Å². The van der Waals surface area contributed by atoms with Crippen molar-refractivity contribution in [1.82, 2.24) is 9.47 Å².